The fourth-order valence-corrected chi connectivity index (χ4v) is 7.26. The second-order valence-corrected chi connectivity index (χ2v) is 9.26. The van der Waals surface area contributed by atoms with Gasteiger partial charge in [-0.3, -0.25) is 24.3 Å². The molecule has 30 heavy (non-hydrogen) atoms. The Labute approximate surface area is 174 Å². The molecular weight excluding hydrogens is 390 g/mol. The number of ketones is 2. The van der Waals surface area contributed by atoms with Crippen LogP contribution in [-0.4, -0.2) is 113 Å². The van der Waals surface area contributed by atoms with Crippen LogP contribution < -0.4 is 0 Å². The summed E-state index contributed by atoms with van der Waals surface area (Å²) in [4.78, 5) is 33.3. The number of aliphatic hydroxyl groups is 2. The van der Waals surface area contributed by atoms with Gasteiger partial charge in [-0.25, -0.2) is 0 Å². The van der Waals surface area contributed by atoms with Crippen LogP contribution in [0.25, 0.3) is 0 Å². The van der Waals surface area contributed by atoms with Crippen molar-refractivity contribution in [1.82, 2.24) is 14.7 Å². The summed E-state index contributed by atoms with van der Waals surface area (Å²) in [6, 6.07) is -1.31. The molecule has 4 fully saturated rings. The molecule has 5 heterocycles. The first-order valence-electron chi connectivity index (χ1n) is 10.7. The predicted octanol–water partition coefficient (Wildman–Crippen LogP) is -1.54. The highest BCUT2D eigenvalue weighted by molar-refractivity contribution is 6.25. The molecule has 2 N–H and O–H groups in total. The first-order chi connectivity index (χ1) is 14.4. The van der Waals surface area contributed by atoms with Crippen molar-refractivity contribution in [2.75, 3.05) is 33.9 Å². The topological polar surface area (TPSA) is 103 Å². The van der Waals surface area contributed by atoms with Gasteiger partial charge in [0.1, 0.15) is 12.5 Å². The number of allylic oxidation sites excluding steroid dienone is 2. The van der Waals surface area contributed by atoms with Crippen molar-refractivity contribution in [3.05, 3.63) is 22.5 Å². The van der Waals surface area contributed by atoms with Crippen molar-refractivity contribution < 1.29 is 29.3 Å². The molecule has 0 aromatic heterocycles. The Morgan fingerprint density at radius 2 is 1.97 bits per heavy atom. The molecule has 0 radical (unpaired) electrons. The minimum atomic E-state index is -0.837. The molecule has 1 aliphatic carbocycles. The van der Waals surface area contributed by atoms with Crippen LogP contribution in [0.5, 0.6) is 0 Å². The summed E-state index contributed by atoms with van der Waals surface area (Å²) in [6.45, 7) is 2.54. The van der Waals surface area contributed by atoms with Crippen molar-refractivity contribution in [3.63, 3.8) is 0 Å². The number of rotatable bonds is 2. The number of nitrogens with zero attached hydrogens (tertiary/aromatic N) is 3. The molecule has 9 heteroatoms. The highest BCUT2D eigenvalue weighted by atomic mass is 16.5. The smallest absolute Gasteiger partial charge is 0.226 e. The lowest BCUT2D eigenvalue weighted by Gasteiger charge is -2.61. The summed E-state index contributed by atoms with van der Waals surface area (Å²) < 4.78 is 11.4. The van der Waals surface area contributed by atoms with Gasteiger partial charge in [-0.15, -0.1) is 0 Å². The van der Waals surface area contributed by atoms with Gasteiger partial charge >= 0.3 is 0 Å². The SMILES string of the molecule is COC1=C(C)C(=O)C2=C(C1=O)[C@@H](CO)N1[C@@H]3[C@H]4[C@H](C[C@@H]([C@@H]1O)N4C)[C@H]1OCCN1[C@H]23. The van der Waals surface area contributed by atoms with E-state index in [2.05, 4.69) is 9.80 Å². The van der Waals surface area contributed by atoms with Gasteiger partial charge < -0.3 is 19.7 Å². The first kappa shape index (κ1) is 19.1. The molecule has 6 aliphatic rings. The number of likely N-dealkylation sites (N-methyl/N-ethyl adjacent to an activating group) is 1. The van der Waals surface area contributed by atoms with E-state index < -0.39 is 12.3 Å². The van der Waals surface area contributed by atoms with Gasteiger partial charge in [0, 0.05) is 47.3 Å². The summed E-state index contributed by atoms with van der Waals surface area (Å²) in [5.41, 5.74) is 1.04. The van der Waals surface area contributed by atoms with Crippen LogP contribution in [0.4, 0.5) is 0 Å². The molecule has 9 nitrogen and oxygen atoms in total. The Hall–Kier alpha value is -1.62. The van der Waals surface area contributed by atoms with Crippen LogP contribution >= 0.6 is 0 Å². The lowest BCUT2D eigenvalue weighted by Crippen LogP contribution is -2.78. The number of hydrogen-bond donors (Lipinski definition) is 2. The van der Waals surface area contributed by atoms with Crippen molar-refractivity contribution in [3.8, 4) is 0 Å². The Morgan fingerprint density at radius 1 is 1.20 bits per heavy atom. The maximum Gasteiger partial charge on any atom is 0.226 e. The fourth-order valence-electron chi connectivity index (χ4n) is 7.26. The summed E-state index contributed by atoms with van der Waals surface area (Å²) in [5, 5.41) is 21.7. The number of fused-ring (bicyclic) bond motifs is 5. The number of carbonyl (C=O) groups excluding carboxylic acids is 2. The van der Waals surface area contributed by atoms with E-state index in [9.17, 15) is 19.8 Å². The number of methoxy groups -OCH3 is 1. The highest BCUT2D eigenvalue weighted by Crippen LogP contribution is 2.54. The molecule has 0 spiro atoms. The Morgan fingerprint density at radius 3 is 2.67 bits per heavy atom. The van der Waals surface area contributed by atoms with Gasteiger partial charge in [0.15, 0.2) is 11.5 Å². The standard InChI is InChI=1S/C21H27N3O6/c1-8-17(26)13-12(18(27)19(8)29-3)11(7-25)24-16-14-9(6-10(20(24)28)22(14)2)21-23(15(13)16)4-5-30-21/h9-11,14-16,20-21,25,28H,4-7H2,1-3H3/t9-,10-,11+,14+,15+,16+,20-,21+/m0/s1. The number of carbonyl (C=O) groups is 2. The van der Waals surface area contributed by atoms with Crippen molar-refractivity contribution >= 4 is 11.6 Å². The van der Waals surface area contributed by atoms with E-state index in [1.54, 1.807) is 6.92 Å². The number of hydrogen-bond acceptors (Lipinski definition) is 9. The molecule has 162 valence electrons. The molecule has 0 aromatic carbocycles. The Balaban J connectivity index is 1.61. The van der Waals surface area contributed by atoms with Gasteiger partial charge in [-0.1, -0.05) is 0 Å². The van der Waals surface area contributed by atoms with Crippen molar-refractivity contribution in [2.45, 2.75) is 56.0 Å². The van der Waals surface area contributed by atoms with Gasteiger partial charge in [0.05, 0.1) is 32.4 Å². The summed E-state index contributed by atoms with van der Waals surface area (Å²) in [6.07, 6.45) is -0.184. The zero-order valence-corrected chi connectivity index (χ0v) is 17.3. The molecule has 2 bridgehead atoms. The highest BCUT2D eigenvalue weighted by Gasteiger charge is 2.68. The molecule has 5 aliphatic heterocycles. The van der Waals surface area contributed by atoms with Gasteiger partial charge in [0.2, 0.25) is 5.78 Å². The number of ether oxygens (including phenoxy) is 2. The van der Waals surface area contributed by atoms with E-state index in [0.717, 1.165) is 6.42 Å². The average molecular weight is 417 g/mol. The largest absolute Gasteiger partial charge is 0.492 e. The molecule has 4 saturated heterocycles. The fraction of sp³-hybridized carbons (Fsp3) is 0.714. The molecule has 0 saturated carbocycles. The van der Waals surface area contributed by atoms with Crippen LogP contribution in [0.3, 0.4) is 0 Å². The monoisotopic (exact) mass is 417 g/mol. The van der Waals surface area contributed by atoms with Crippen LogP contribution in [0, 0.1) is 5.92 Å². The van der Waals surface area contributed by atoms with Crippen LogP contribution in [0.1, 0.15) is 13.3 Å². The molecular formula is C21H27N3O6. The second kappa shape index (κ2) is 6.21. The molecule has 6 rings (SSSR count). The summed E-state index contributed by atoms with van der Waals surface area (Å²) in [7, 11) is 3.41. The number of piperidine rings is 1. The number of aliphatic hydroxyl groups excluding tert-OH is 2. The maximum atomic E-state index is 13.6. The third-order valence-corrected chi connectivity index (χ3v) is 8.33. The predicted molar refractivity (Wildman–Crippen MR) is 103 cm³/mol. The zero-order valence-electron chi connectivity index (χ0n) is 17.3. The second-order valence-electron chi connectivity index (χ2n) is 9.26. The third-order valence-electron chi connectivity index (χ3n) is 8.33. The lowest BCUT2D eigenvalue weighted by molar-refractivity contribution is -0.187. The van der Waals surface area contributed by atoms with Gasteiger partial charge in [0.25, 0.3) is 0 Å². The first-order valence-corrected chi connectivity index (χ1v) is 10.7. The van der Waals surface area contributed by atoms with Crippen LogP contribution in [-0.2, 0) is 19.1 Å². The van der Waals surface area contributed by atoms with E-state index in [1.807, 2.05) is 11.9 Å². The van der Waals surface area contributed by atoms with E-state index >= 15 is 0 Å². The van der Waals surface area contributed by atoms with E-state index in [0.29, 0.717) is 24.3 Å². The average Bonchev–Trinajstić information content (AvgIpc) is 3.32. The summed E-state index contributed by atoms with van der Waals surface area (Å²) in [5.74, 6) is -0.319. The van der Waals surface area contributed by atoms with Gasteiger partial charge in [-0.05, 0) is 20.4 Å². The minimum absolute atomic E-state index is 0.0325. The third kappa shape index (κ3) is 1.99. The Kier molecular flexibility index (Phi) is 3.95. The zero-order chi connectivity index (χ0) is 21.1. The molecule has 0 unspecified atom stereocenters. The minimum Gasteiger partial charge on any atom is -0.492 e. The maximum absolute atomic E-state index is 13.6. The van der Waals surface area contributed by atoms with E-state index in [4.69, 9.17) is 9.47 Å². The van der Waals surface area contributed by atoms with Crippen LogP contribution in [0.2, 0.25) is 0 Å². The number of Topliss-reactive ketones (excluding diaryl/α,β-unsaturated/α-hetero) is 2. The van der Waals surface area contributed by atoms with Gasteiger partial charge in [-0.2, -0.15) is 0 Å². The summed E-state index contributed by atoms with van der Waals surface area (Å²) >= 11 is 0. The number of piperazine rings is 1. The molecule has 0 aromatic rings. The van der Waals surface area contributed by atoms with Crippen molar-refractivity contribution in [2.24, 2.45) is 5.92 Å². The normalized spacial score (nSPS) is 45.9. The van der Waals surface area contributed by atoms with E-state index in [-0.39, 0.29) is 65.8 Å². The van der Waals surface area contributed by atoms with E-state index in [1.165, 1.54) is 7.11 Å². The molecule has 8 atom stereocenters. The van der Waals surface area contributed by atoms with Crippen LogP contribution in [0.15, 0.2) is 22.5 Å². The molecule has 0 amide bonds. The Bertz CT molecular complexity index is 914. The van der Waals surface area contributed by atoms with Crippen molar-refractivity contribution in [1.29, 1.82) is 0 Å². The lowest BCUT2D eigenvalue weighted by atomic mass is 9.69. The quantitative estimate of drug-likeness (QED) is 0.518.